The molecule has 0 aliphatic carbocycles. The fraction of sp³-hybridized carbons (Fsp3) is 0.455. The summed E-state index contributed by atoms with van der Waals surface area (Å²) >= 11 is 3.48. The van der Waals surface area contributed by atoms with Crippen molar-refractivity contribution < 1.29 is 4.79 Å². The number of hydrogen-bond donors (Lipinski definition) is 0. The van der Waals surface area contributed by atoms with Crippen molar-refractivity contribution in [3.05, 3.63) is 30.1 Å². The fourth-order valence-electron chi connectivity index (χ4n) is 1.84. The Morgan fingerprint density at radius 2 is 2.40 bits per heavy atom. The van der Waals surface area contributed by atoms with E-state index in [1.54, 1.807) is 6.20 Å². The van der Waals surface area contributed by atoms with Gasteiger partial charge in [-0.2, -0.15) is 0 Å². The topological polar surface area (TPSA) is 33.2 Å². The molecule has 3 nitrogen and oxygen atoms in total. The first-order chi connectivity index (χ1) is 7.18. The molecule has 15 heavy (non-hydrogen) atoms. The van der Waals surface area contributed by atoms with E-state index in [9.17, 15) is 4.79 Å². The average Bonchev–Trinajstić information content (AvgIpc) is 2.58. The summed E-state index contributed by atoms with van der Waals surface area (Å²) < 4.78 is 0. The van der Waals surface area contributed by atoms with Gasteiger partial charge in [-0.3, -0.25) is 9.78 Å². The maximum Gasteiger partial charge on any atom is 0.224 e. The van der Waals surface area contributed by atoms with Crippen molar-refractivity contribution in [2.24, 2.45) is 0 Å². The van der Waals surface area contributed by atoms with Gasteiger partial charge in [0.15, 0.2) is 0 Å². The quantitative estimate of drug-likeness (QED) is 0.771. The summed E-state index contributed by atoms with van der Waals surface area (Å²) in [6.07, 6.45) is 2.36. The van der Waals surface area contributed by atoms with E-state index in [0.717, 1.165) is 12.2 Å². The number of amides is 1. The van der Waals surface area contributed by atoms with Gasteiger partial charge < -0.3 is 4.90 Å². The Morgan fingerprint density at radius 3 is 2.93 bits per heavy atom. The van der Waals surface area contributed by atoms with Crippen LogP contribution < -0.4 is 0 Å². The molecule has 0 spiro atoms. The Labute approximate surface area is 97.6 Å². The average molecular weight is 269 g/mol. The minimum absolute atomic E-state index is 0.0706. The molecule has 1 aromatic rings. The zero-order valence-electron chi connectivity index (χ0n) is 8.56. The summed E-state index contributed by atoms with van der Waals surface area (Å²) in [5.74, 6) is 0.204. The van der Waals surface area contributed by atoms with Gasteiger partial charge in [-0.25, -0.2) is 0 Å². The van der Waals surface area contributed by atoms with Crippen LogP contribution in [-0.4, -0.2) is 27.2 Å². The predicted octanol–water partition coefficient (Wildman–Crippen LogP) is 2.14. The molecule has 0 bridgehead atoms. The highest BCUT2D eigenvalue weighted by atomic mass is 79.9. The summed E-state index contributed by atoms with van der Waals surface area (Å²) in [5, 5.41) is 0. The third kappa shape index (κ3) is 2.20. The number of hydrogen-bond acceptors (Lipinski definition) is 2. The highest BCUT2D eigenvalue weighted by Gasteiger charge is 2.31. The molecule has 1 aromatic heterocycles. The van der Waals surface area contributed by atoms with Gasteiger partial charge in [0.1, 0.15) is 0 Å². The Balaban J connectivity index is 2.15. The zero-order chi connectivity index (χ0) is 10.8. The standard InChI is InChI=1S/C11H13BrN2O/c1-8(10-4-2-3-5-13-10)14-7-9(12)6-11(14)15/h2-5,8-9H,6-7H2,1H3/t8-,9?/m0/s1. The molecule has 1 aliphatic heterocycles. The van der Waals surface area contributed by atoms with E-state index in [0.29, 0.717) is 6.42 Å². The summed E-state index contributed by atoms with van der Waals surface area (Å²) in [5.41, 5.74) is 0.951. The number of carbonyl (C=O) groups excluding carboxylic acids is 1. The molecule has 1 fully saturated rings. The molecule has 0 aromatic carbocycles. The molecule has 1 amide bonds. The van der Waals surface area contributed by atoms with E-state index in [1.165, 1.54) is 0 Å². The van der Waals surface area contributed by atoms with E-state index in [2.05, 4.69) is 20.9 Å². The SMILES string of the molecule is C[C@@H](c1ccccn1)N1CC(Br)CC1=O. The summed E-state index contributed by atoms with van der Waals surface area (Å²) in [6.45, 7) is 2.79. The second-order valence-corrected chi connectivity index (χ2v) is 5.07. The second-order valence-electron chi connectivity index (χ2n) is 3.78. The van der Waals surface area contributed by atoms with E-state index < -0.39 is 0 Å². The second kappa shape index (κ2) is 4.31. The van der Waals surface area contributed by atoms with Crippen molar-refractivity contribution in [3.8, 4) is 0 Å². The zero-order valence-corrected chi connectivity index (χ0v) is 10.1. The van der Waals surface area contributed by atoms with Crippen molar-refractivity contribution in [3.63, 3.8) is 0 Å². The number of rotatable bonds is 2. The fourth-order valence-corrected chi connectivity index (χ4v) is 2.43. The third-order valence-electron chi connectivity index (χ3n) is 2.69. The molecular formula is C11H13BrN2O. The minimum Gasteiger partial charge on any atom is -0.333 e. The van der Waals surface area contributed by atoms with Crippen molar-refractivity contribution in [2.75, 3.05) is 6.54 Å². The van der Waals surface area contributed by atoms with E-state index in [1.807, 2.05) is 30.0 Å². The number of aromatic nitrogens is 1. The van der Waals surface area contributed by atoms with Gasteiger partial charge in [-0.15, -0.1) is 0 Å². The van der Waals surface area contributed by atoms with Gasteiger partial charge in [0.05, 0.1) is 11.7 Å². The molecule has 2 rings (SSSR count). The molecule has 0 saturated carbocycles. The van der Waals surface area contributed by atoms with Gasteiger partial charge in [0.25, 0.3) is 0 Å². The van der Waals surface area contributed by atoms with Crippen LogP contribution in [0.3, 0.4) is 0 Å². The lowest BCUT2D eigenvalue weighted by molar-refractivity contribution is -0.129. The Bertz CT molecular complexity index is 355. The van der Waals surface area contributed by atoms with Crippen molar-refractivity contribution >= 4 is 21.8 Å². The number of likely N-dealkylation sites (tertiary alicyclic amines) is 1. The van der Waals surface area contributed by atoms with Gasteiger partial charge in [-0.05, 0) is 19.1 Å². The molecule has 2 heterocycles. The molecule has 1 aliphatic rings. The number of halogens is 1. The Morgan fingerprint density at radius 1 is 1.60 bits per heavy atom. The highest BCUT2D eigenvalue weighted by molar-refractivity contribution is 9.09. The maximum atomic E-state index is 11.7. The first-order valence-corrected chi connectivity index (χ1v) is 5.94. The molecule has 80 valence electrons. The Hall–Kier alpha value is -0.900. The van der Waals surface area contributed by atoms with E-state index in [4.69, 9.17) is 0 Å². The van der Waals surface area contributed by atoms with Crippen LogP contribution in [0.4, 0.5) is 0 Å². The van der Waals surface area contributed by atoms with Crippen LogP contribution >= 0.6 is 15.9 Å². The van der Waals surface area contributed by atoms with Crippen LogP contribution in [0.1, 0.15) is 25.1 Å². The molecule has 2 atom stereocenters. The smallest absolute Gasteiger partial charge is 0.224 e. The largest absolute Gasteiger partial charge is 0.333 e. The molecule has 0 N–H and O–H groups in total. The van der Waals surface area contributed by atoms with Crippen LogP contribution in [0.25, 0.3) is 0 Å². The highest BCUT2D eigenvalue weighted by Crippen LogP contribution is 2.27. The molecule has 1 saturated heterocycles. The van der Waals surface area contributed by atoms with Gasteiger partial charge in [0, 0.05) is 24.0 Å². The lowest BCUT2D eigenvalue weighted by Crippen LogP contribution is -2.29. The Kier molecular flexibility index (Phi) is 3.05. The van der Waals surface area contributed by atoms with Crippen molar-refractivity contribution in [2.45, 2.75) is 24.2 Å². The van der Waals surface area contributed by atoms with Gasteiger partial charge in [-0.1, -0.05) is 22.0 Å². The van der Waals surface area contributed by atoms with Crippen molar-refractivity contribution in [1.29, 1.82) is 0 Å². The van der Waals surface area contributed by atoms with Gasteiger partial charge >= 0.3 is 0 Å². The summed E-state index contributed by atoms with van der Waals surface area (Å²) in [6, 6.07) is 5.86. The summed E-state index contributed by atoms with van der Waals surface area (Å²) in [7, 11) is 0. The predicted molar refractivity (Wildman–Crippen MR) is 61.7 cm³/mol. The first kappa shape index (κ1) is 10.6. The number of carbonyl (C=O) groups is 1. The summed E-state index contributed by atoms with van der Waals surface area (Å²) in [4.78, 5) is 18.1. The number of pyridine rings is 1. The van der Waals surface area contributed by atoms with E-state index in [-0.39, 0.29) is 16.8 Å². The minimum atomic E-state index is 0.0706. The molecular weight excluding hydrogens is 256 g/mol. The normalized spacial score (nSPS) is 23.2. The van der Waals surface area contributed by atoms with Gasteiger partial charge in [0.2, 0.25) is 5.91 Å². The molecule has 1 unspecified atom stereocenters. The van der Waals surface area contributed by atoms with Crippen molar-refractivity contribution in [1.82, 2.24) is 9.88 Å². The number of alkyl halides is 1. The number of nitrogens with zero attached hydrogens (tertiary/aromatic N) is 2. The molecule has 0 radical (unpaired) electrons. The lowest BCUT2D eigenvalue weighted by atomic mass is 10.2. The third-order valence-corrected chi connectivity index (χ3v) is 3.31. The van der Waals surface area contributed by atoms with Crippen LogP contribution in [0.5, 0.6) is 0 Å². The lowest BCUT2D eigenvalue weighted by Gasteiger charge is -2.23. The van der Waals surface area contributed by atoms with E-state index >= 15 is 0 Å². The van der Waals surface area contributed by atoms with Crippen LogP contribution in [-0.2, 0) is 4.79 Å². The molecule has 4 heteroatoms. The van der Waals surface area contributed by atoms with Crippen LogP contribution in [0, 0.1) is 0 Å². The first-order valence-electron chi connectivity index (χ1n) is 5.03. The van der Waals surface area contributed by atoms with Crippen LogP contribution in [0.2, 0.25) is 0 Å². The maximum absolute atomic E-state index is 11.7. The monoisotopic (exact) mass is 268 g/mol. The van der Waals surface area contributed by atoms with Crippen LogP contribution in [0.15, 0.2) is 24.4 Å².